The molecule has 0 saturated carbocycles. The van der Waals surface area contributed by atoms with Crippen molar-refractivity contribution in [3.05, 3.63) is 71.8 Å². The van der Waals surface area contributed by atoms with E-state index in [0.717, 1.165) is 11.3 Å². The van der Waals surface area contributed by atoms with Gasteiger partial charge >= 0.3 is 0 Å². The molecule has 2 aromatic heterocycles. The molecule has 0 aliphatic rings. The molecule has 0 unspecified atom stereocenters. The van der Waals surface area contributed by atoms with Gasteiger partial charge in [0.15, 0.2) is 0 Å². The van der Waals surface area contributed by atoms with Gasteiger partial charge in [-0.05, 0) is 40.3 Å². The topological polar surface area (TPSA) is 86.0 Å². The van der Waals surface area contributed by atoms with Crippen LogP contribution in [0.25, 0.3) is 0 Å². The predicted molar refractivity (Wildman–Crippen MR) is 94.3 cm³/mol. The number of methoxy groups -OCH3 is 1. The lowest BCUT2D eigenvalue weighted by Gasteiger charge is -2.27. The number of amides is 1. The number of carbonyl (C=O) groups is 1. The van der Waals surface area contributed by atoms with Gasteiger partial charge in [0.2, 0.25) is 0 Å². The number of tetrazole rings is 1. The van der Waals surface area contributed by atoms with Crippen LogP contribution in [0.4, 0.5) is 0 Å². The van der Waals surface area contributed by atoms with Crippen LogP contribution in [-0.2, 0) is 11.3 Å². The Hall–Kier alpha value is -3.13. The fraction of sp³-hybridized carbons (Fsp3) is 0.278. The number of hydrogen-bond acceptors (Lipinski definition) is 6. The van der Waals surface area contributed by atoms with Crippen molar-refractivity contribution in [2.24, 2.45) is 0 Å². The number of ether oxygens (including phenoxy) is 1. The summed E-state index contributed by atoms with van der Waals surface area (Å²) in [4.78, 5) is 18.9. The Labute approximate surface area is 151 Å². The van der Waals surface area contributed by atoms with Gasteiger partial charge in [-0.25, -0.2) is 4.68 Å². The van der Waals surface area contributed by atoms with E-state index >= 15 is 0 Å². The quantitative estimate of drug-likeness (QED) is 0.642. The highest BCUT2D eigenvalue weighted by Crippen LogP contribution is 2.20. The first-order chi connectivity index (χ1) is 12.7. The number of pyridine rings is 1. The Morgan fingerprint density at radius 1 is 1.23 bits per heavy atom. The van der Waals surface area contributed by atoms with Crippen LogP contribution in [0.5, 0.6) is 0 Å². The zero-order valence-corrected chi connectivity index (χ0v) is 14.7. The van der Waals surface area contributed by atoms with Gasteiger partial charge < -0.3 is 9.64 Å². The summed E-state index contributed by atoms with van der Waals surface area (Å²) in [5, 5.41) is 11.0. The highest BCUT2D eigenvalue weighted by molar-refractivity contribution is 5.94. The highest BCUT2D eigenvalue weighted by Gasteiger charge is 2.23. The van der Waals surface area contributed by atoms with Gasteiger partial charge in [0, 0.05) is 25.9 Å². The number of carbonyl (C=O) groups excluding carboxylic acids is 1. The Morgan fingerprint density at radius 3 is 2.65 bits per heavy atom. The second kappa shape index (κ2) is 8.30. The predicted octanol–water partition coefficient (Wildman–Crippen LogP) is 1.58. The zero-order chi connectivity index (χ0) is 18.4. The minimum absolute atomic E-state index is 0.0910. The minimum Gasteiger partial charge on any atom is -0.382 e. The van der Waals surface area contributed by atoms with Crippen molar-refractivity contribution in [3.8, 4) is 0 Å². The second-order valence-corrected chi connectivity index (χ2v) is 5.85. The third-order valence-electron chi connectivity index (χ3n) is 4.08. The highest BCUT2D eigenvalue weighted by atomic mass is 16.5. The average Bonchev–Trinajstić information content (AvgIpc) is 3.19. The molecule has 8 heteroatoms. The lowest BCUT2D eigenvalue weighted by Crippen LogP contribution is -2.34. The van der Waals surface area contributed by atoms with E-state index in [-0.39, 0.29) is 11.9 Å². The second-order valence-electron chi connectivity index (χ2n) is 5.85. The van der Waals surface area contributed by atoms with Gasteiger partial charge in [-0.3, -0.25) is 9.78 Å². The molecule has 3 rings (SSSR count). The summed E-state index contributed by atoms with van der Waals surface area (Å²) >= 11 is 0. The molecule has 2 heterocycles. The lowest BCUT2D eigenvalue weighted by atomic mass is 10.1. The van der Waals surface area contributed by atoms with Crippen molar-refractivity contribution in [1.82, 2.24) is 30.1 Å². The van der Waals surface area contributed by atoms with Crippen LogP contribution in [0.1, 0.15) is 27.7 Å². The molecule has 0 bridgehead atoms. The van der Waals surface area contributed by atoms with Gasteiger partial charge in [0.25, 0.3) is 5.91 Å². The van der Waals surface area contributed by atoms with Crippen LogP contribution >= 0.6 is 0 Å². The maximum Gasteiger partial charge on any atom is 0.254 e. The van der Waals surface area contributed by atoms with Crippen molar-refractivity contribution in [2.45, 2.75) is 12.6 Å². The van der Waals surface area contributed by atoms with E-state index in [4.69, 9.17) is 4.74 Å². The summed E-state index contributed by atoms with van der Waals surface area (Å²) < 4.78 is 6.91. The minimum atomic E-state index is -0.255. The van der Waals surface area contributed by atoms with E-state index in [1.807, 2.05) is 30.3 Å². The van der Waals surface area contributed by atoms with Gasteiger partial charge in [-0.15, -0.1) is 5.10 Å². The molecule has 8 nitrogen and oxygen atoms in total. The molecule has 26 heavy (non-hydrogen) atoms. The van der Waals surface area contributed by atoms with Crippen LogP contribution in [-0.4, -0.2) is 56.8 Å². The van der Waals surface area contributed by atoms with Crippen molar-refractivity contribution in [3.63, 3.8) is 0 Å². The van der Waals surface area contributed by atoms with Crippen LogP contribution in [0.15, 0.2) is 55.0 Å². The smallest absolute Gasteiger partial charge is 0.254 e. The molecule has 0 spiro atoms. The van der Waals surface area contributed by atoms with Gasteiger partial charge in [0.05, 0.1) is 24.9 Å². The number of likely N-dealkylation sites (N-methyl/N-ethyl adjacent to an activating group) is 1. The Morgan fingerprint density at radius 2 is 2.04 bits per heavy atom. The summed E-state index contributed by atoms with van der Waals surface area (Å²) in [6, 6.07) is 12.8. The number of nitrogens with zero attached hydrogens (tertiary/aromatic N) is 6. The molecule has 1 aromatic carbocycles. The number of hydrogen-bond donors (Lipinski definition) is 0. The molecule has 134 valence electrons. The molecule has 1 amide bonds. The monoisotopic (exact) mass is 352 g/mol. The van der Waals surface area contributed by atoms with Crippen LogP contribution < -0.4 is 0 Å². The maximum absolute atomic E-state index is 12.9. The molecular weight excluding hydrogens is 332 g/mol. The Kier molecular flexibility index (Phi) is 5.65. The molecule has 0 aliphatic carbocycles. The fourth-order valence-electron chi connectivity index (χ4n) is 2.66. The summed E-state index contributed by atoms with van der Waals surface area (Å²) in [5.74, 6) is -0.0910. The number of benzene rings is 1. The molecule has 0 N–H and O–H groups in total. The molecule has 0 fully saturated rings. The van der Waals surface area contributed by atoms with Gasteiger partial charge in [0.1, 0.15) is 6.33 Å². The molecule has 0 saturated heterocycles. The SMILES string of the molecule is COC[C@@H](c1ccccn1)N(C)C(=O)c1ccc(Cn2cnnn2)cc1. The zero-order valence-electron chi connectivity index (χ0n) is 14.7. The van der Waals surface area contributed by atoms with E-state index in [9.17, 15) is 4.79 Å². The van der Waals surface area contributed by atoms with Crippen LogP contribution in [0, 0.1) is 0 Å². The van der Waals surface area contributed by atoms with E-state index < -0.39 is 0 Å². The van der Waals surface area contributed by atoms with Crippen molar-refractivity contribution in [2.75, 3.05) is 20.8 Å². The molecular formula is C18H20N6O2. The van der Waals surface area contributed by atoms with E-state index in [1.165, 1.54) is 0 Å². The standard InChI is InChI=1S/C18H20N6O2/c1-23(17(12-26-2)16-5-3-4-10-19-16)18(25)15-8-6-14(7-9-15)11-24-13-20-21-22-24/h3-10,13,17H,11-12H2,1-2H3/t17-/m0/s1. The Balaban J connectivity index is 1.74. The lowest BCUT2D eigenvalue weighted by molar-refractivity contribution is 0.0595. The van der Waals surface area contributed by atoms with E-state index in [0.29, 0.717) is 18.7 Å². The number of rotatable bonds is 7. The van der Waals surface area contributed by atoms with Crippen LogP contribution in [0.2, 0.25) is 0 Å². The summed E-state index contributed by atoms with van der Waals surface area (Å²) in [6.07, 6.45) is 3.26. The third-order valence-corrected chi connectivity index (χ3v) is 4.08. The van der Waals surface area contributed by atoms with Crippen molar-refractivity contribution in [1.29, 1.82) is 0 Å². The van der Waals surface area contributed by atoms with E-state index in [1.54, 1.807) is 48.4 Å². The largest absolute Gasteiger partial charge is 0.382 e. The molecule has 1 atom stereocenters. The average molecular weight is 352 g/mol. The summed E-state index contributed by atoms with van der Waals surface area (Å²) in [5.41, 5.74) is 2.40. The summed E-state index contributed by atoms with van der Waals surface area (Å²) in [6.45, 7) is 0.925. The van der Waals surface area contributed by atoms with Crippen molar-refractivity contribution < 1.29 is 9.53 Å². The van der Waals surface area contributed by atoms with Gasteiger partial charge in [-0.2, -0.15) is 0 Å². The third kappa shape index (κ3) is 4.09. The molecule has 3 aromatic rings. The maximum atomic E-state index is 12.9. The normalized spacial score (nSPS) is 11.9. The van der Waals surface area contributed by atoms with Crippen LogP contribution in [0.3, 0.4) is 0 Å². The first-order valence-electron chi connectivity index (χ1n) is 8.16. The fourth-order valence-corrected chi connectivity index (χ4v) is 2.66. The molecule has 0 aliphatic heterocycles. The number of aromatic nitrogens is 5. The first-order valence-corrected chi connectivity index (χ1v) is 8.16. The van der Waals surface area contributed by atoms with Crippen molar-refractivity contribution >= 4 is 5.91 Å². The van der Waals surface area contributed by atoms with E-state index in [2.05, 4.69) is 20.5 Å². The Bertz CT molecular complexity index is 821. The molecule has 0 radical (unpaired) electrons. The van der Waals surface area contributed by atoms with Gasteiger partial charge in [-0.1, -0.05) is 18.2 Å². The summed E-state index contributed by atoms with van der Waals surface area (Å²) in [7, 11) is 3.37. The first kappa shape index (κ1) is 17.7.